The van der Waals surface area contributed by atoms with Gasteiger partial charge in [-0.15, -0.1) is 5.06 Å². The fourth-order valence-corrected chi connectivity index (χ4v) is 3.63. The van der Waals surface area contributed by atoms with E-state index in [1.54, 1.807) is 25.8 Å². The molecule has 1 fully saturated rings. The molecule has 3 rings (SSSR count). The van der Waals surface area contributed by atoms with Gasteiger partial charge in [0.25, 0.3) is 5.89 Å². The summed E-state index contributed by atoms with van der Waals surface area (Å²) in [6.07, 6.45) is 2.24. The zero-order valence-electron chi connectivity index (χ0n) is 17.9. The van der Waals surface area contributed by atoms with Crippen molar-refractivity contribution in [1.82, 2.24) is 15.2 Å². The molecule has 0 aliphatic carbocycles. The second-order valence-corrected chi connectivity index (χ2v) is 10.5. The highest BCUT2D eigenvalue weighted by Gasteiger charge is 2.29. The van der Waals surface area contributed by atoms with E-state index in [-0.39, 0.29) is 35.3 Å². The summed E-state index contributed by atoms with van der Waals surface area (Å²) in [7, 11) is -3.66. The van der Waals surface area contributed by atoms with Gasteiger partial charge in [0, 0.05) is 24.9 Å². The standard InChI is InChI=1S/C20H26FN3O6S/c1-20(2,3)19(25)30-24-9-7-14(8-10-24)28-12-17-22-18(23-29-17)13-5-6-16(15(21)11-13)31(4,26)27/h5-6,11,14H,7-10,12H2,1-4H3. The van der Waals surface area contributed by atoms with E-state index in [9.17, 15) is 17.6 Å². The molecule has 1 aromatic carbocycles. The number of carbonyl (C=O) groups is 1. The molecule has 2 aromatic rings. The first-order valence-electron chi connectivity index (χ1n) is 9.85. The molecule has 0 unspecified atom stereocenters. The normalized spacial score (nSPS) is 16.4. The number of rotatable bonds is 6. The number of piperidine rings is 1. The van der Waals surface area contributed by atoms with E-state index >= 15 is 0 Å². The Morgan fingerprint density at radius 2 is 1.97 bits per heavy atom. The van der Waals surface area contributed by atoms with E-state index in [4.69, 9.17) is 14.1 Å². The zero-order chi connectivity index (χ0) is 22.8. The number of benzene rings is 1. The Kier molecular flexibility index (Phi) is 6.77. The molecule has 170 valence electrons. The van der Waals surface area contributed by atoms with Crippen LogP contribution in [0.4, 0.5) is 4.39 Å². The third-order valence-electron chi connectivity index (χ3n) is 4.73. The molecule has 31 heavy (non-hydrogen) atoms. The number of halogens is 1. The van der Waals surface area contributed by atoms with Crippen LogP contribution in [0.5, 0.6) is 0 Å². The van der Waals surface area contributed by atoms with Crippen LogP contribution in [0.1, 0.15) is 39.5 Å². The molecule has 0 saturated carbocycles. The lowest BCUT2D eigenvalue weighted by atomic mass is 9.98. The number of sulfone groups is 1. The molecule has 1 saturated heterocycles. The maximum Gasteiger partial charge on any atom is 0.330 e. The maximum atomic E-state index is 14.1. The van der Waals surface area contributed by atoms with Gasteiger partial charge in [0.15, 0.2) is 9.84 Å². The summed E-state index contributed by atoms with van der Waals surface area (Å²) < 4.78 is 48.1. The van der Waals surface area contributed by atoms with Crippen molar-refractivity contribution >= 4 is 15.8 Å². The molecule has 1 aliphatic heterocycles. The smallest absolute Gasteiger partial charge is 0.330 e. The van der Waals surface area contributed by atoms with Crippen molar-refractivity contribution in [1.29, 1.82) is 0 Å². The Morgan fingerprint density at radius 3 is 2.55 bits per heavy atom. The molecule has 2 heterocycles. The first-order chi connectivity index (χ1) is 14.4. The lowest BCUT2D eigenvalue weighted by Crippen LogP contribution is -2.40. The monoisotopic (exact) mass is 455 g/mol. The predicted molar refractivity (Wildman–Crippen MR) is 108 cm³/mol. The average Bonchev–Trinajstić information content (AvgIpc) is 3.14. The zero-order valence-corrected chi connectivity index (χ0v) is 18.7. The second-order valence-electron chi connectivity index (χ2n) is 8.50. The van der Waals surface area contributed by atoms with Crippen molar-refractivity contribution in [2.45, 2.75) is 51.2 Å². The number of ether oxygens (including phenoxy) is 1. The minimum atomic E-state index is -3.66. The van der Waals surface area contributed by atoms with Gasteiger partial charge >= 0.3 is 5.97 Å². The third-order valence-corrected chi connectivity index (χ3v) is 5.86. The maximum absolute atomic E-state index is 14.1. The minimum Gasteiger partial charge on any atom is -0.368 e. The van der Waals surface area contributed by atoms with Gasteiger partial charge in [0.1, 0.15) is 17.3 Å². The van der Waals surface area contributed by atoms with Crippen molar-refractivity contribution < 1.29 is 31.7 Å². The van der Waals surface area contributed by atoms with Gasteiger partial charge in [0.2, 0.25) is 5.82 Å². The highest BCUT2D eigenvalue weighted by Crippen LogP contribution is 2.23. The van der Waals surface area contributed by atoms with E-state index in [1.165, 1.54) is 12.1 Å². The number of hydrogen-bond acceptors (Lipinski definition) is 9. The van der Waals surface area contributed by atoms with E-state index in [2.05, 4.69) is 10.1 Å². The molecule has 1 aliphatic rings. The molecule has 0 bridgehead atoms. The molecular weight excluding hydrogens is 429 g/mol. The summed E-state index contributed by atoms with van der Waals surface area (Å²) in [5.41, 5.74) is -0.259. The fraction of sp³-hybridized carbons (Fsp3) is 0.550. The second kappa shape index (κ2) is 9.01. The SMILES string of the molecule is CC(C)(C)C(=O)ON1CCC(OCc2nc(-c3ccc(S(C)(=O)=O)c(F)c3)no2)CC1. The minimum absolute atomic E-state index is 0.0496. The van der Waals surface area contributed by atoms with Gasteiger partial charge in [-0.2, -0.15) is 4.98 Å². The molecule has 1 aromatic heterocycles. The molecule has 0 spiro atoms. The van der Waals surface area contributed by atoms with Gasteiger partial charge in [0.05, 0.1) is 11.5 Å². The highest BCUT2D eigenvalue weighted by molar-refractivity contribution is 7.90. The molecule has 0 amide bonds. The summed E-state index contributed by atoms with van der Waals surface area (Å²) in [6.45, 7) is 6.62. The molecule has 0 atom stereocenters. The van der Waals surface area contributed by atoms with Crippen LogP contribution in [0.3, 0.4) is 0 Å². The van der Waals surface area contributed by atoms with Crippen molar-refractivity contribution in [3.63, 3.8) is 0 Å². The van der Waals surface area contributed by atoms with Crippen molar-refractivity contribution in [3.05, 3.63) is 29.9 Å². The van der Waals surface area contributed by atoms with Gasteiger partial charge in [-0.3, -0.25) is 0 Å². The van der Waals surface area contributed by atoms with Gasteiger partial charge in [-0.25, -0.2) is 17.6 Å². The molecule has 11 heteroatoms. The van der Waals surface area contributed by atoms with Crippen molar-refractivity contribution in [2.75, 3.05) is 19.3 Å². The lowest BCUT2D eigenvalue weighted by molar-refractivity contribution is -0.209. The largest absolute Gasteiger partial charge is 0.368 e. The Bertz CT molecular complexity index is 1040. The Balaban J connectivity index is 1.51. The van der Waals surface area contributed by atoms with E-state index < -0.39 is 21.1 Å². The van der Waals surface area contributed by atoms with Crippen LogP contribution >= 0.6 is 0 Å². The Hall–Kier alpha value is -2.37. The number of carbonyl (C=O) groups excluding carboxylic acids is 1. The van der Waals surface area contributed by atoms with E-state index in [0.717, 1.165) is 12.3 Å². The van der Waals surface area contributed by atoms with Crippen molar-refractivity contribution in [3.8, 4) is 11.4 Å². The number of aromatic nitrogens is 2. The Morgan fingerprint density at radius 1 is 1.29 bits per heavy atom. The van der Waals surface area contributed by atoms with Crippen LogP contribution in [0.2, 0.25) is 0 Å². The summed E-state index contributed by atoms with van der Waals surface area (Å²) in [4.78, 5) is 21.1. The van der Waals surface area contributed by atoms with E-state index in [0.29, 0.717) is 31.5 Å². The van der Waals surface area contributed by atoms with Crippen LogP contribution in [-0.2, 0) is 30.8 Å². The average molecular weight is 456 g/mol. The van der Waals surface area contributed by atoms with Crippen LogP contribution in [0, 0.1) is 11.2 Å². The van der Waals surface area contributed by atoms with Crippen LogP contribution < -0.4 is 0 Å². The molecule has 0 radical (unpaired) electrons. The number of hydrogen-bond donors (Lipinski definition) is 0. The first kappa shape index (κ1) is 23.3. The summed E-state index contributed by atoms with van der Waals surface area (Å²) in [5, 5.41) is 5.45. The van der Waals surface area contributed by atoms with E-state index in [1.807, 2.05) is 0 Å². The van der Waals surface area contributed by atoms with Crippen LogP contribution in [-0.4, -0.2) is 55.0 Å². The first-order valence-corrected chi connectivity index (χ1v) is 11.7. The molecule has 0 N–H and O–H groups in total. The van der Waals surface area contributed by atoms with Crippen LogP contribution in [0.25, 0.3) is 11.4 Å². The fourth-order valence-electron chi connectivity index (χ4n) is 2.90. The van der Waals surface area contributed by atoms with Gasteiger partial charge < -0.3 is 14.1 Å². The summed E-state index contributed by atoms with van der Waals surface area (Å²) in [6, 6.07) is 3.65. The van der Waals surface area contributed by atoms with Gasteiger partial charge in [-0.1, -0.05) is 5.16 Å². The highest BCUT2D eigenvalue weighted by atomic mass is 32.2. The van der Waals surface area contributed by atoms with Crippen LogP contribution in [0.15, 0.2) is 27.6 Å². The predicted octanol–water partition coefficient (Wildman–Crippen LogP) is 2.76. The quantitative estimate of drug-likeness (QED) is 0.649. The summed E-state index contributed by atoms with van der Waals surface area (Å²) >= 11 is 0. The summed E-state index contributed by atoms with van der Waals surface area (Å²) in [5.74, 6) is -0.779. The lowest BCUT2D eigenvalue weighted by Gasteiger charge is -2.31. The number of nitrogens with zero attached hydrogens (tertiary/aromatic N) is 3. The van der Waals surface area contributed by atoms with Crippen molar-refractivity contribution in [2.24, 2.45) is 5.41 Å². The molecule has 9 nitrogen and oxygen atoms in total. The van der Waals surface area contributed by atoms with Gasteiger partial charge in [-0.05, 0) is 51.8 Å². The Labute approximate surface area is 180 Å². The number of hydroxylamine groups is 2. The third kappa shape index (κ3) is 6.08. The topological polar surface area (TPSA) is 112 Å². The molecular formula is C20H26FN3O6S.